The van der Waals surface area contributed by atoms with Gasteiger partial charge in [0.15, 0.2) is 10.8 Å². The third-order valence-corrected chi connectivity index (χ3v) is 5.82. The minimum Gasteiger partial charge on any atom is -0.497 e. The third-order valence-electron chi connectivity index (χ3n) is 4.91. The summed E-state index contributed by atoms with van der Waals surface area (Å²) in [5.74, 6) is 2.69. The van der Waals surface area contributed by atoms with Gasteiger partial charge in [-0.3, -0.25) is 4.90 Å². The maximum absolute atomic E-state index is 5.69. The van der Waals surface area contributed by atoms with Crippen molar-refractivity contribution in [3.63, 3.8) is 0 Å². The highest BCUT2D eigenvalue weighted by atomic mass is 32.1. The molecule has 0 atom stereocenters. The summed E-state index contributed by atoms with van der Waals surface area (Å²) < 4.78 is 11.0. The molecule has 0 aliphatic carbocycles. The fourth-order valence-corrected chi connectivity index (χ4v) is 4.22. The second-order valence-electron chi connectivity index (χ2n) is 6.87. The number of nitrogens with zero attached hydrogens (tertiary/aromatic N) is 3. The van der Waals surface area contributed by atoms with E-state index in [4.69, 9.17) is 14.1 Å². The Bertz CT molecular complexity index is 872. The van der Waals surface area contributed by atoms with E-state index < -0.39 is 0 Å². The number of ether oxygens (including phenoxy) is 1. The van der Waals surface area contributed by atoms with E-state index in [0.717, 1.165) is 67.1 Å². The molecule has 3 aromatic rings. The summed E-state index contributed by atoms with van der Waals surface area (Å²) in [6, 6.07) is 12.3. The van der Waals surface area contributed by atoms with Crippen LogP contribution in [0, 0.1) is 6.92 Å². The molecular formula is C21H25N3O2S. The summed E-state index contributed by atoms with van der Waals surface area (Å²) in [7, 11) is 1.70. The maximum Gasteiger partial charge on any atom is 0.162 e. The van der Waals surface area contributed by atoms with Crippen molar-refractivity contribution in [1.82, 2.24) is 9.88 Å². The zero-order valence-electron chi connectivity index (χ0n) is 15.9. The molecule has 0 spiro atoms. The van der Waals surface area contributed by atoms with Crippen LogP contribution in [0.4, 0.5) is 5.69 Å². The van der Waals surface area contributed by atoms with E-state index in [1.165, 1.54) is 5.69 Å². The summed E-state index contributed by atoms with van der Waals surface area (Å²) in [4.78, 5) is 9.72. The van der Waals surface area contributed by atoms with Crippen molar-refractivity contribution in [3.8, 4) is 16.5 Å². The molecule has 3 heterocycles. The number of thiazole rings is 1. The third kappa shape index (κ3) is 4.34. The van der Waals surface area contributed by atoms with Crippen molar-refractivity contribution >= 4 is 17.0 Å². The van der Waals surface area contributed by atoms with Crippen LogP contribution in [0.3, 0.4) is 0 Å². The molecule has 0 radical (unpaired) electrons. The highest BCUT2D eigenvalue weighted by Crippen LogP contribution is 2.26. The molecule has 0 bridgehead atoms. The van der Waals surface area contributed by atoms with Crippen LogP contribution in [0.2, 0.25) is 0 Å². The molecule has 1 saturated heterocycles. The molecule has 6 heteroatoms. The summed E-state index contributed by atoms with van der Waals surface area (Å²) in [5, 5.41) is 3.12. The first-order valence-electron chi connectivity index (χ1n) is 9.34. The molecular weight excluding hydrogens is 358 g/mol. The second-order valence-corrected chi connectivity index (χ2v) is 7.73. The second kappa shape index (κ2) is 8.15. The lowest BCUT2D eigenvalue weighted by Crippen LogP contribution is -2.30. The van der Waals surface area contributed by atoms with Crippen molar-refractivity contribution in [2.24, 2.45) is 0 Å². The number of benzene rings is 1. The first-order valence-corrected chi connectivity index (χ1v) is 10.2. The van der Waals surface area contributed by atoms with Gasteiger partial charge in [0.05, 0.1) is 12.8 Å². The Morgan fingerprint density at radius 3 is 2.67 bits per heavy atom. The van der Waals surface area contributed by atoms with Crippen LogP contribution < -0.4 is 9.64 Å². The molecule has 27 heavy (non-hydrogen) atoms. The highest BCUT2D eigenvalue weighted by molar-refractivity contribution is 7.13. The lowest BCUT2D eigenvalue weighted by Gasteiger charge is -2.23. The van der Waals surface area contributed by atoms with Gasteiger partial charge in [-0.1, -0.05) is 0 Å². The number of rotatable bonds is 5. The molecule has 0 saturated carbocycles. The van der Waals surface area contributed by atoms with Gasteiger partial charge in [-0.25, -0.2) is 4.98 Å². The normalized spacial score (nSPS) is 15.7. The molecule has 4 rings (SSSR count). The van der Waals surface area contributed by atoms with Crippen molar-refractivity contribution < 1.29 is 9.15 Å². The largest absolute Gasteiger partial charge is 0.497 e. The van der Waals surface area contributed by atoms with E-state index in [9.17, 15) is 0 Å². The Morgan fingerprint density at radius 1 is 1.07 bits per heavy atom. The average molecular weight is 384 g/mol. The Hall–Kier alpha value is -2.31. The predicted octanol–water partition coefficient (Wildman–Crippen LogP) is 4.43. The maximum atomic E-state index is 5.69. The predicted molar refractivity (Wildman–Crippen MR) is 110 cm³/mol. The van der Waals surface area contributed by atoms with E-state index in [2.05, 4.69) is 27.3 Å². The van der Waals surface area contributed by atoms with Crippen LogP contribution in [0.1, 0.15) is 17.9 Å². The van der Waals surface area contributed by atoms with Crippen molar-refractivity contribution in [3.05, 3.63) is 53.2 Å². The zero-order valence-corrected chi connectivity index (χ0v) is 16.7. The fraction of sp³-hybridized carbons (Fsp3) is 0.381. The lowest BCUT2D eigenvalue weighted by atomic mass is 10.2. The van der Waals surface area contributed by atoms with Crippen molar-refractivity contribution in [2.45, 2.75) is 19.9 Å². The molecule has 142 valence electrons. The van der Waals surface area contributed by atoms with Gasteiger partial charge >= 0.3 is 0 Å². The molecule has 0 N–H and O–H groups in total. The van der Waals surface area contributed by atoms with E-state index in [1.807, 2.05) is 31.2 Å². The smallest absolute Gasteiger partial charge is 0.162 e. The molecule has 5 nitrogen and oxygen atoms in total. The van der Waals surface area contributed by atoms with Crippen LogP contribution in [-0.4, -0.2) is 43.2 Å². The number of anilines is 1. The van der Waals surface area contributed by atoms with Gasteiger partial charge < -0.3 is 14.1 Å². The number of hydrogen-bond donors (Lipinski definition) is 0. The Morgan fingerprint density at radius 2 is 1.93 bits per heavy atom. The first kappa shape index (κ1) is 18.1. The molecule has 1 fully saturated rings. The standard InChI is InChI=1S/C21H25N3O2S/c1-16-4-9-20(26-16)21-22-17(15-27-21)14-23-10-3-11-24(13-12-23)18-5-7-19(25-2)8-6-18/h4-9,15H,3,10-14H2,1-2H3. The number of methoxy groups -OCH3 is 1. The van der Waals surface area contributed by atoms with Crippen molar-refractivity contribution in [1.29, 1.82) is 0 Å². The number of aromatic nitrogens is 1. The van der Waals surface area contributed by atoms with E-state index in [-0.39, 0.29) is 0 Å². The van der Waals surface area contributed by atoms with Gasteiger partial charge in [0.2, 0.25) is 0 Å². The van der Waals surface area contributed by atoms with Gasteiger partial charge in [-0.2, -0.15) is 0 Å². The van der Waals surface area contributed by atoms with E-state index in [0.29, 0.717) is 0 Å². The monoisotopic (exact) mass is 383 g/mol. The van der Waals surface area contributed by atoms with E-state index >= 15 is 0 Å². The van der Waals surface area contributed by atoms with Crippen LogP contribution in [0.15, 0.2) is 46.2 Å². The van der Waals surface area contributed by atoms with Gasteiger partial charge in [0, 0.05) is 43.8 Å². The minimum atomic E-state index is 0.866. The Kier molecular flexibility index (Phi) is 5.45. The SMILES string of the molecule is COc1ccc(N2CCCN(Cc3csc(-c4ccc(C)o4)n3)CC2)cc1. The average Bonchev–Trinajstić information content (AvgIpc) is 3.26. The van der Waals surface area contributed by atoms with Crippen LogP contribution in [0.25, 0.3) is 10.8 Å². The number of hydrogen-bond acceptors (Lipinski definition) is 6. The van der Waals surface area contributed by atoms with Crippen LogP contribution in [0.5, 0.6) is 5.75 Å². The lowest BCUT2D eigenvalue weighted by molar-refractivity contribution is 0.282. The number of aryl methyl sites for hydroxylation is 1. The summed E-state index contributed by atoms with van der Waals surface area (Å²) >= 11 is 1.66. The van der Waals surface area contributed by atoms with Crippen LogP contribution >= 0.6 is 11.3 Å². The summed E-state index contributed by atoms with van der Waals surface area (Å²) in [5.41, 5.74) is 2.39. The molecule has 2 aromatic heterocycles. The zero-order chi connectivity index (χ0) is 18.6. The fourth-order valence-electron chi connectivity index (χ4n) is 3.45. The number of furan rings is 1. The van der Waals surface area contributed by atoms with Gasteiger partial charge in [0.25, 0.3) is 0 Å². The topological polar surface area (TPSA) is 41.7 Å². The molecule has 0 unspecified atom stereocenters. The van der Waals surface area contributed by atoms with E-state index in [1.54, 1.807) is 18.4 Å². The summed E-state index contributed by atoms with van der Waals surface area (Å²) in [6.45, 7) is 7.10. The van der Waals surface area contributed by atoms with Crippen molar-refractivity contribution in [2.75, 3.05) is 38.2 Å². The Balaban J connectivity index is 1.36. The molecule has 0 amide bonds. The highest BCUT2D eigenvalue weighted by Gasteiger charge is 2.17. The first-order chi connectivity index (χ1) is 13.2. The molecule has 1 aromatic carbocycles. The Labute approximate surface area is 164 Å². The molecule has 1 aliphatic heterocycles. The van der Waals surface area contributed by atoms with Gasteiger partial charge in [-0.05, 0) is 49.7 Å². The summed E-state index contributed by atoms with van der Waals surface area (Å²) in [6.07, 6.45) is 1.15. The molecule has 1 aliphatic rings. The minimum absolute atomic E-state index is 0.866. The van der Waals surface area contributed by atoms with Crippen LogP contribution in [-0.2, 0) is 6.54 Å². The van der Waals surface area contributed by atoms with Gasteiger partial charge in [-0.15, -0.1) is 11.3 Å². The quantitative estimate of drug-likeness (QED) is 0.652. The van der Waals surface area contributed by atoms with Gasteiger partial charge in [0.1, 0.15) is 11.5 Å².